The molecule has 2 aromatic rings. The number of hydrogen-bond acceptors (Lipinski definition) is 5. The predicted octanol–water partition coefficient (Wildman–Crippen LogP) is 3.49. The van der Waals surface area contributed by atoms with E-state index in [4.69, 9.17) is 32.7 Å². The van der Waals surface area contributed by atoms with Crippen molar-refractivity contribution in [2.45, 2.75) is 24.7 Å². The molecule has 4 rings (SSSR count). The van der Waals surface area contributed by atoms with Crippen molar-refractivity contribution in [2.75, 3.05) is 26.2 Å². The third kappa shape index (κ3) is 5.49. The first-order chi connectivity index (χ1) is 15.3. The Labute approximate surface area is 197 Å². The molecule has 0 spiro atoms. The van der Waals surface area contributed by atoms with Crippen LogP contribution in [0.3, 0.4) is 0 Å². The first kappa shape index (κ1) is 23.2. The van der Waals surface area contributed by atoms with E-state index >= 15 is 0 Å². The van der Waals surface area contributed by atoms with Crippen LogP contribution in [0, 0.1) is 5.92 Å². The lowest BCUT2D eigenvalue weighted by atomic mass is 9.99. The first-order valence-electron chi connectivity index (χ1n) is 10.4. The van der Waals surface area contributed by atoms with Gasteiger partial charge in [-0.05, 0) is 42.7 Å². The van der Waals surface area contributed by atoms with Crippen molar-refractivity contribution in [1.29, 1.82) is 0 Å². The summed E-state index contributed by atoms with van der Waals surface area (Å²) in [6.07, 6.45) is 0.955. The summed E-state index contributed by atoms with van der Waals surface area (Å²) in [4.78, 5) is 12.7. The van der Waals surface area contributed by atoms with E-state index in [2.05, 4.69) is 5.32 Å². The maximum Gasteiger partial charge on any atom is 0.224 e. The van der Waals surface area contributed by atoms with E-state index in [-0.39, 0.29) is 24.3 Å². The Hall–Kier alpha value is -2.00. The molecule has 7 nitrogen and oxygen atoms in total. The normalized spacial score (nSPS) is 21.2. The van der Waals surface area contributed by atoms with Crippen LogP contribution in [0.1, 0.15) is 18.4 Å². The van der Waals surface area contributed by atoms with Crippen LogP contribution in [0.25, 0.3) is 0 Å². The lowest BCUT2D eigenvalue weighted by Gasteiger charge is -2.32. The number of halogens is 2. The fourth-order valence-corrected chi connectivity index (χ4v) is 5.78. The Bertz CT molecular complexity index is 1100. The topological polar surface area (TPSA) is 84.9 Å². The summed E-state index contributed by atoms with van der Waals surface area (Å²) in [5.41, 5.74) is 0.556. The van der Waals surface area contributed by atoms with Gasteiger partial charge >= 0.3 is 0 Å². The van der Waals surface area contributed by atoms with Gasteiger partial charge in [-0.1, -0.05) is 41.4 Å². The molecule has 1 saturated heterocycles. The van der Waals surface area contributed by atoms with Crippen LogP contribution in [-0.2, 0) is 20.6 Å². The van der Waals surface area contributed by atoms with Crippen LogP contribution in [0.4, 0.5) is 0 Å². The molecule has 1 amide bonds. The number of carbonyl (C=O) groups excluding carboxylic acids is 1. The maximum atomic E-state index is 12.9. The molecule has 0 bridgehead atoms. The highest BCUT2D eigenvalue weighted by molar-refractivity contribution is 7.88. The van der Waals surface area contributed by atoms with Crippen LogP contribution in [0.5, 0.6) is 11.5 Å². The average molecular weight is 499 g/mol. The summed E-state index contributed by atoms with van der Waals surface area (Å²) in [5.74, 6) is 0.552. The molecule has 0 aliphatic carbocycles. The summed E-state index contributed by atoms with van der Waals surface area (Å²) in [7, 11) is -3.59. The number of benzene rings is 2. The number of fused-ring (bicyclic) bond motifs is 1. The van der Waals surface area contributed by atoms with Gasteiger partial charge in [-0.15, -0.1) is 0 Å². The Morgan fingerprint density at radius 3 is 2.69 bits per heavy atom. The zero-order chi connectivity index (χ0) is 22.7. The molecule has 2 aliphatic heterocycles. The lowest BCUT2D eigenvalue weighted by Crippen LogP contribution is -2.48. The number of nitrogens with zero attached hydrogens (tertiary/aromatic N) is 1. The Balaban J connectivity index is 1.32. The van der Waals surface area contributed by atoms with Crippen LogP contribution in [0.2, 0.25) is 10.0 Å². The summed E-state index contributed by atoms with van der Waals surface area (Å²) in [6, 6.07) is 12.2. The molecule has 1 N–H and O–H groups in total. The van der Waals surface area contributed by atoms with Crippen molar-refractivity contribution >= 4 is 39.1 Å². The van der Waals surface area contributed by atoms with Gasteiger partial charge in [0.1, 0.15) is 12.7 Å². The van der Waals surface area contributed by atoms with Gasteiger partial charge in [-0.3, -0.25) is 4.79 Å². The Kier molecular flexibility index (Phi) is 7.14. The molecular weight excluding hydrogens is 475 g/mol. The second-order valence-electron chi connectivity index (χ2n) is 7.94. The minimum Gasteiger partial charge on any atom is -0.486 e. The number of para-hydroxylation sites is 2. The van der Waals surface area contributed by atoms with Gasteiger partial charge in [0.15, 0.2) is 11.5 Å². The van der Waals surface area contributed by atoms with Crippen molar-refractivity contribution in [3.8, 4) is 11.5 Å². The molecule has 0 unspecified atom stereocenters. The van der Waals surface area contributed by atoms with Gasteiger partial charge in [-0.25, -0.2) is 12.7 Å². The monoisotopic (exact) mass is 498 g/mol. The third-order valence-electron chi connectivity index (χ3n) is 5.55. The quantitative estimate of drug-likeness (QED) is 0.658. The number of piperidine rings is 1. The molecule has 1 fully saturated rings. The number of ether oxygens (including phenoxy) is 2. The van der Waals surface area contributed by atoms with E-state index < -0.39 is 15.9 Å². The summed E-state index contributed by atoms with van der Waals surface area (Å²) >= 11 is 11.9. The van der Waals surface area contributed by atoms with Crippen molar-refractivity contribution < 1.29 is 22.7 Å². The molecule has 0 radical (unpaired) electrons. The van der Waals surface area contributed by atoms with Gasteiger partial charge in [0.2, 0.25) is 15.9 Å². The third-order valence-corrected chi connectivity index (χ3v) is 8.11. The summed E-state index contributed by atoms with van der Waals surface area (Å²) < 4.78 is 38.8. The summed E-state index contributed by atoms with van der Waals surface area (Å²) in [6.45, 7) is 1.18. The number of sulfonamides is 1. The van der Waals surface area contributed by atoms with Crippen LogP contribution in [-0.4, -0.2) is 51.0 Å². The van der Waals surface area contributed by atoms with Crippen molar-refractivity contribution in [3.05, 3.63) is 58.1 Å². The van der Waals surface area contributed by atoms with E-state index in [1.807, 2.05) is 24.3 Å². The standard InChI is InChI=1S/C22H24Cl2N2O5S/c23-18-8-7-15(10-19(18)24)14-32(28,29)26-9-3-4-16(12-26)22(27)25-11-17-13-30-20-5-1-2-6-21(20)31-17/h1-2,5-8,10,16-17H,3-4,9,11-14H2,(H,25,27)/t16-,17-/m1/s1. The molecule has 2 aromatic carbocycles. The molecule has 10 heteroatoms. The van der Waals surface area contributed by atoms with Gasteiger partial charge in [0, 0.05) is 13.1 Å². The fourth-order valence-electron chi connectivity index (χ4n) is 3.86. The molecule has 2 heterocycles. The number of carbonyl (C=O) groups is 1. The lowest BCUT2D eigenvalue weighted by molar-refractivity contribution is -0.126. The summed E-state index contributed by atoms with van der Waals surface area (Å²) in [5, 5.41) is 3.58. The predicted molar refractivity (Wildman–Crippen MR) is 123 cm³/mol. The zero-order valence-electron chi connectivity index (χ0n) is 17.3. The molecular formula is C22H24Cl2N2O5S. The number of nitrogens with one attached hydrogen (secondary N) is 1. The highest BCUT2D eigenvalue weighted by atomic mass is 35.5. The van der Waals surface area contributed by atoms with E-state index in [0.717, 1.165) is 0 Å². The molecule has 2 atom stereocenters. The van der Waals surface area contributed by atoms with Gasteiger partial charge in [-0.2, -0.15) is 0 Å². The van der Waals surface area contributed by atoms with Crippen molar-refractivity contribution in [1.82, 2.24) is 9.62 Å². The number of amides is 1. The smallest absolute Gasteiger partial charge is 0.224 e. The van der Waals surface area contributed by atoms with Crippen LogP contribution >= 0.6 is 23.2 Å². The molecule has 172 valence electrons. The average Bonchev–Trinajstić information content (AvgIpc) is 2.79. The highest BCUT2D eigenvalue weighted by Gasteiger charge is 2.33. The van der Waals surface area contributed by atoms with Crippen molar-refractivity contribution in [3.63, 3.8) is 0 Å². The minimum absolute atomic E-state index is 0.153. The van der Waals surface area contributed by atoms with Crippen molar-refractivity contribution in [2.24, 2.45) is 5.92 Å². The van der Waals surface area contributed by atoms with Gasteiger partial charge in [0.25, 0.3) is 0 Å². The first-order valence-corrected chi connectivity index (χ1v) is 12.8. The van der Waals surface area contributed by atoms with Crippen LogP contribution < -0.4 is 14.8 Å². The minimum atomic E-state index is -3.59. The SMILES string of the molecule is O=C(NC[C@@H]1COc2ccccc2O1)[C@@H]1CCCN(S(=O)(=O)Cc2ccc(Cl)c(Cl)c2)C1. The van der Waals surface area contributed by atoms with Gasteiger partial charge < -0.3 is 14.8 Å². The second-order valence-corrected chi connectivity index (χ2v) is 10.7. The molecule has 2 aliphatic rings. The van der Waals surface area contributed by atoms with E-state index in [1.54, 1.807) is 18.2 Å². The number of hydrogen-bond donors (Lipinski definition) is 1. The zero-order valence-corrected chi connectivity index (χ0v) is 19.6. The second kappa shape index (κ2) is 9.87. The highest BCUT2D eigenvalue weighted by Crippen LogP contribution is 2.31. The maximum absolute atomic E-state index is 12.9. The fraction of sp³-hybridized carbons (Fsp3) is 0.409. The Morgan fingerprint density at radius 1 is 1.12 bits per heavy atom. The van der Waals surface area contributed by atoms with E-state index in [0.29, 0.717) is 59.6 Å². The van der Waals surface area contributed by atoms with E-state index in [1.165, 1.54) is 4.31 Å². The molecule has 0 aromatic heterocycles. The van der Waals surface area contributed by atoms with Gasteiger partial charge in [0.05, 0.1) is 28.3 Å². The van der Waals surface area contributed by atoms with Crippen LogP contribution in [0.15, 0.2) is 42.5 Å². The largest absolute Gasteiger partial charge is 0.486 e. The van der Waals surface area contributed by atoms with E-state index in [9.17, 15) is 13.2 Å². The molecule has 0 saturated carbocycles. The Morgan fingerprint density at radius 2 is 1.91 bits per heavy atom. The number of rotatable bonds is 6. The molecule has 32 heavy (non-hydrogen) atoms.